The Hall–Kier alpha value is -3.08. The maximum Gasteiger partial charge on any atom is 0.268 e. The van der Waals surface area contributed by atoms with E-state index in [0.29, 0.717) is 28.4 Å². The Kier molecular flexibility index (Phi) is 4.24. The lowest BCUT2D eigenvalue weighted by molar-refractivity contribution is -0.132. The highest BCUT2D eigenvalue weighted by Crippen LogP contribution is 2.47. The molecule has 5 heteroatoms. The number of hydrogen-bond donors (Lipinski definition) is 2. The number of carbonyl (C=O) groups is 1. The van der Waals surface area contributed by atoms with E-state index in [1.165, 1.54) is 5.56 Å². The van der Waals surface area contributed by atoms with Crippen molar-refractivity contribution in [1.82, 2.24) is 4.98 Å². The van der Waals surface area contributed by atoms with Crippen molar-refractivity contribution in [2.75, 3.05) is 4.90 Å². The fourth-order valence-corrected chi connectivity index (χ4v) is 4.61. The number of aliphatic hydroxyl groups is 1. The molecule has 0 bridgehead atoms. The normalized spacial score (nSPS) is 18.3. The summed E-state index contributed by atoms with van der Waals surface area (Å²) in [5, 5.41) is 13.2. The van der Waals surface area contributed by atoms with Crippen molar-refractivity contribution >= 4 is 34.1 Å². The Morgan fingerprint density at radius 2 is 1.83 bits per heavy atom. The van der Waals surface area contributed by atoms with Gasteiger partial charge in [-0.1, -0.05) is 53.6 Å². The van der Waals surface area contributed by atoms with Gasteiger partial charge in [-0.25, -0.2) is 0 Å². The van der Waals surface area contributed by atoms with E-state index < -0.39 is 5.60 Å². The van der Waals surface area contributed by atoms with Crippen LogP contribution in [0.1, 0.15) is 27.8 Å². The third kappa shape index (κ3) is 2.68. The zero-order chi connectivity index (χ0) is 21.0. The first-order chi connectivity index (χ1) is 14.4. The van der Waals surface area contributed by atoms with E-state index in [0.717, 1.165) is 22.0 Å². The molecule has 1 atom stereocenters. The second-order valence-corrected chi connectivity index (χ2v) is 8.38. The van der Waals surface area contributed by atoms with Gasteiger partial charge in [0.05, 0.1) is 12.2 Å². The highest BCUT2D eigenvalue weighted by atomic mass is 35.5. The number of nitrogens with zero attached hydrogens (tertiary/aromatic N) is 1. The Morgan fingerprint density at radius 1 is 1.03 bits per heavy atom. The number of H-pyrrole nitrogens is 1. The number of para-hydroxylation sites is 1. The molecule has 0 saturated carbocycles. The number of halogens is 1. The predicted molar refractivity (Wildman–Crippen MR) is 120 cm³/mol. The van der Waals surface area contributed by atoms with E-state index >= 15 is 0 Å². The highest BCUT2D eigenvalue weighted by Gasteiger charge is 2.52. The van der Waals surface area contributed by atoms with Gasteiger partial charge in [-0.15, -0.1) is 0 Å². The van der Waals surface area contributed by atoms with Crippen LogP contribution in [0.5, 0.6) is 0 Å². The largest absolute Gasteiger partial charge is 0.372 e. The maximum absolute atomic E-state index is 13.7. The third-order valence-corrected chi connectivity index (χ3v) is 6.23. The smallest absolute Gasteiger partial charge is 0.268 e. The molecule has 0 aliphatic carbocycles. The summed E-state index contributed by atoms with van der Waals surface area (Å²) in [6.45, 7) is 4.46. The standard InChI is InChI=1S/C25H21ClN2O2/c1-15-7-8-17(16(2)11-15)14-28-23-10-9-18(26)12-20(23)25(30,24(28)29)21-13-27-22-6-4-3-5-19(21)22/h3-13,27,30H,14H2,1-2H3/t25-/m1/s1. The molecule has 2 N–H and O–H groups in total. The van der Waals surface area contributed by atoms with Gasteiger partial charge in [-0.2, -0.15) is 0 Å². The lowest BCUT2D eigenvalue weighted by atomic mass is 9.87. The van der Waals surface area contributed by atoms with Crippen molar-refractivity contribution in [1.29, 1.82) is 0 Å². The summed E-state index contributed by atoms with van der Waals surface area (Å²) >= 11 is 6.28. The number of anilines is 1. The van der Waals surface area contributed by atoms with Crippen molar-refractivity contribution in [3.8, 4) is 0 Å². The minimum Gasteiger partial charge on any atom is -0.372 e. The van der Waals surface area contributed by atoms with Crippen LogP contribution in [0, 0.1) is 13.8 Å². The monoisotopic (exact) mass is 416 g/mol. The number of nitrogens with one attached hydrogen (secondary N) is 1. The number of benzene rings is 3. The minimum atomic E-state index is -1.81. The van der Waals surface area contributed by atoms with Crippen molar-refractivity contribution in [2.24, 2.45) is 0 Å². The molecular formula is C25H21ClN2O2. The molecule has 0 unspecified atom stereocenters. The number of aromatic nitrogens is 1. The van der Waals surface area contributed by atoms with Crippen LogP contribution in [0.2, 0.25) is 5.02 Å². The van der Waals surface area contributed by atoms with Gasteiger partial charge < -0.3 is 15.0 Å². The molecule has 150 valence electrons. The summed E-state index contributed by atoms with van der Waals surface area (Å²) in [4.78, 5) is 18.6. The molecule has 0 fully saturated rings. The molecule has 4 nitrogen and oxygen atoms in total. The summed E-state index contributed by atoms with van der Waals surface area (Å²) in [6.07, 6.45) is 1.72. The lowest BCUT2D eigenvalue weighted by Gasteiger charge is -2.24. The van der Waals surface area contributed by atoms with Crippen molar-refractivity contribution in [2.45, 2.75) is 26.0 Å². The molecule has 1 amide bonds. The molecule has 4 aromatic rings. The van der Waals surface area contributed by atoms with E-state index in [9.17, 15) is 9.90 Å². The predicted octanol–water partition coefficient (Wildman–Crippen LogP) is 5.22. The number of carbonyl (C=O) groups excluding carboxylic acids is 1. The first-order valence-corrected chi connectivity index (χ1v) is 10.2. The van der Waals surface area contributed by atoms with Gasteiger partial charge in [0, 0.05) is 33.2 Å². The quantitative estimate of drug-likeness (QED) is 0.481. The van der Waals surface area contributed by atoms with Crippen LogP contribution in [0.3, 0.4) is 0 Å². The van der Waals surface area contributed by atoms with Gasteiger partial charge in [0.2, 0.25) is 0 Å². The molecule has 5 rings (SSSR count). The van der Waals surface area contributed by atoms with Gasteiger partial charge in [0.15, 0.2) is 5.60 Å². The van der Waals surface area contributed by atoms with Crippen molar-refractivity contribution in [3.63, 3.8) is 0 Å². The van der Waals surface area contributed by atoms with Gasteiger partial charge in [-0.05, 0) is 49.2 Å². The Balaban J connectivity index is 1.68. The Bertz CT molecular complexity index is 1310. The van der Waals surface area contributed by atoms with Crippen LogP contribution in [-0.2, 0) is 16.9 Å². The Morgan fingerprint density at radius 3 is 2.63 bits per heavy atom. The van der Waals surface area contributed by atoms with Crippen LogP contribution < -0.4 is 4.90 Å². The summed E-state index contributed by atoms with van der Waals surface area (Å²) < 4.78 is 0. The molecule has 1 aromatic heterocycles. The summed E-state index contributed by atoms with van der Waals surface area (Å²) in [7, 11) is 0. The summed E-state index contributed by atoms with van der Waals surface area (Å²) in [5.74, 6) is -0.371. The number of hydrogen-bond acceptors (Lipinski definition) is 2. The van der Waals surface area contributed by atoms with Crippen molar-refractivity contribution in [3.05, 3.63) is 99.7 Å². The molecule has 30 heavy (non-hydrogen) atoms. The van der Waals surface area contributed by atoms with Gasteiger partial charge in [-0.3, -0.25) is 4.79 Å². The second-order valence-electron chi connectivity index (χ2n) is 7.94. The SMILES string of the molecule is Cc1ccc(CN2C(=O)[C@](O)(c3c[nH]c4ccccc34)c3cc(Cl)ccc32)c(C)c1. The summed E-state index contributed by atoms with van der Waals surface area (Å²) in [5.41, 5.74) is 4.11. The molecule has 2 heterocycles. The number of aromatic amines is 1. The number of amides is 1. The van der Waals surface area contributed by atoms with E-state index in [2.05, 4.69) is 11.1 Å². The van der Waals surface area contributed by atoms with Crippen LogP contribution in [0.15, 0.2) is 66.9 Å². The number of aryl methyl sites for hydroxylation is 2. The first kappa shape index (κ1) is 18.9. The van der Waals surface area contributed by atoms with Gasteiger partial charge in [0.25, 0.3) is 5.91 Å². The molecule has 0 saturated heterocycles. The second kappa shape index (κ2) is 6.73. The van der Waals surface area contributed by atoms with Crippen LogP contribution in [0.25, 0.3) is 10.9 Å². The first-order valence-electron chi connectivity index (χ1n) is 9.86. The Labute approximate surface area is 179 Å². The van der Waals surface area contributed by atoms with E-state index in [1.54, 1.807) is 23.2 Å². The molecular weight excluding hydrogens is 396 g/mol. The van der Waals surface area contributed by atoms with Gasteiger partial charge in [0.1, 0.15) is 0 Å². The maximum atomic E-state index is 13.7. The van der Waals surface area contributed by atoms with E-state index in [1.807, 2.05) is 56.3 Å². The van der Waals surface area contributed by atoms with E-state index in [-0.39, 0.29) is 5.91 Å². The van der Waals surface area contributed by atoms with Gasteiger partial charge >= 0.3 is 0 Å². The van der Waals surface area contributed by atoms with E-state index in [4.69, 9.17) is 11.6 Å². The zero-order valence-electron chi connectivity index (χ0n) is 16.7. The van der Waals surface area contributed by atoms with Crippen LogP contribution >= 0.6 is 11.6 Å². The number of rotatable bonds is 3. The summed E-state index contributed by atoms with van der Waals surface area (Å²) in [6, 6.07) is 19.1. The number of fused-ring (bicyclic) bond motifs is 2. The average molecular weight is 417 g/mol. The fraction of sp³-hybridized carbons (Fsp3) is 0.160. The molecule has 0 radical (unpaired) electrons. The lowest BCUT2D eigenvalue weighted by Crippen LogP contribution is -2.40. The van der Waals surface area contributed by atoms with Crippen LogP contribution in [-0.4, -0.2) is 16.0 Å². The molecule has 1 aliphatic heterocycles. The highest BCUT2D eigenvalue weighted by molar-refractivity contribution is 6.31. The van der Waals surface area contributed by atoms with Crippen LogP contribution in [0.4, 0.5) is 5.69 Å². The zero-order valence-corrected chi connectivity index (χ0v) is 17.5. The molecule has 0 spiro atoms. The molecule has 1 aliphatic rings. The fourth-order valence-electron chi connectivity index (χ4n) is 4.44. The minimum absolute atomic E-state index is 0.371. The third-order valence-electron chi connectivity index (χ3n) is 6.00. The van der Waals surface area contributed by atoms with Crippen molar-refractivity contribution < 1.29 is 9.90 Å². The molecule has 3 aromatic carbocycles. The average Bonchev–Trinajstić information content (AvgIpc) is 3.24. The topological polar surface area (TPSA) is 56.3 Å².